The maximum atomic E-state index is 12.1. The molecule has 0 unspecified atom stereocenters. The molecule has 158 valence electrons. The number of esters is 1. The van der Waals surface area contributed by atoms with Gasteiger partial charge in [0, 0.05) is 28.9 Å². The number of hydrogen-bond acceptors (Lipinski definition) is 6. The molecule has 8 heteroatoms. The number of ketones is 1. The van der Waals surface area contributed by atoms with Crippen LogP contribution in [0.15, 0.2) is 24.3 Å². The summed E-state index contributed by atoms with van der Waals surface area (Å²) in [4.78, 5) is 46.5. The van der Waals surface area contributed by atoms with Crippen LogP contribution in [0, 0.1) is 27.9 Å². The van der Waals surface area contributed by atoms with E-state index in [4.69, 9.17) is 4.74 Å². The monoisotopic (exact) mass is 404 g/mol. The molecule has 0 radical (unpaired) electrons. The standard InChI is InChI=1S/C21H28N2O6/c1-3-4-5-15-6-8-16(9-7-15)22-20(25)13-29-21(26)11-17-18(12-23(27)28)14(2)10-19(17)24/h6-9,14,17-18H,3-5,10-13H2,1-2H3,(H,22,25)/t14-,17+,18-/m1/s1. The summed E-state index contributed by atoms with van der Waals surface area (Å²) >= 11 is 0. The highest BCUT2D eigenvalue weighted by Crippen LogP contribution is 2.36. The van der Waals surface area contributed by atoms with E-state index in [0.717, 1.165) is 19.3 Å². The first-order valence-corrected chi connectivity index (χ1v) is 9.99. The lowest BCUT2D eigenvalue weighted by Crippen LogP contribution is -2.28. The number of nitro groups is 1. The second kappa shape index (κ2) is 10.7. The van der Waals surface area contributed by atoms with E-state index in [1.807, 2.05) is 12.1 Å². The van der Waals surface area contributed by atoms with E-state index in [0.29, 0.717) is 5.69 Å². The van der Waals surface area contributed by atoms with Crippen molar-refractivity contribution in [3.8, 4) is 0 Å². The highest BCUT2D eigenvalue weighted by molar-refractivity contribution is 5.93. The highest BCUT2D eigenvalue weighted by atomic mass is 16.6. The third kappa shape index (κ3) is 6.96. The zero-order chi connectivity index (χ0) is 21.4. The predicted octanol–water partition coefficient (Wildman–Crippen LogP) is 3.02. The number of anilines is 1. The number of nitrogens with zero attached hydrogens (tertiary/aromatic N) is 1. The molecule has 29 heavy (non-hydrogen) atoms. The summed E-state index contributed by atoms with van der Waals surface area (Å²) in [5.74, 6) is -2.68. The largest absolute Gasteiger partial charge is 0.456 e. The number of hydrogen-bond donors (Lipinski definition) is 1. The Bertz CT molecular complexity index is 746. The van der Waals surface area contributed by atoms with Crippen molar-refractivity contribution in [3.63, 3.8) is 0 Å². The minimum Gasteiger partial charge on any atom is -0.456 e. The SMILES string of the molecule is CCCCc1ccc(NC(=O)COC(=O)C[C@@H]2C(=O)C[C@@H](C)[C@H]2C[N+](=O)[O-])cc1. The molecule has 1 aliphatic carbocycles. The van der Waals surface area contributed by atoms with Crippen molar-refractivity contribution >= 4 is 23.3 Å². The highest BCUT2D eigenvalue weighted by Gasteiger charge is 2.44. The molecule has 0 bridgehead atoms. The molecule has 2 rings (SSSR count). The maximum absolute atomic E-state index is 12.1. The fourth-order valence-corrected chi connectivity index (χ4v) is 3.72. The normalized spacial score (nSPS) is 21.0. The van der Waals surface area contributed by atoms with Gasteiger partial charge < -0.3 is 10.1 Å². The van der Waals surface area contributed by atoms with Crippen molar-refractivity contribution in [1.29, 1.82) is 0 Å². The van der Waals surface area contributed by atoms with Gasteiger partial charge in [-0.2, -0.15) is 0 Å². The Hall–Kier alpha value is -2.77. The lowest BCUT2D eigenvalue weighted by molar-refractivity contribution is -0.490. The average Bonchev–Trinajstić information content (AvgIpc) is 2.92. The smallest absolute Gasteiger partial charge is 0.307 e. The number of carbonyl (C=O) groups is 3. The van der Waals surface area contributed by atoms with Gasteiger partial charge in [-0.3, -0.25) is 24.5 Å². The van der Waals surface area contributed by atoms with Gasteiger partial charge in [0.25, 0.3) is 5.91 Å². The number of benzene rings is 1. The fraction of sp³-hybridized carbons (Fsp3) is 0.571. The van der Waals surface area contributed by atoms with Gasteiger partial charge in [0.05, 0.1) is 6.42 Å². The van der Waals surface area contributed by atoms with Crippen LogP contribution in [0.1, 0.15) is 45.1 Å². The number of ether oxygens (including phenoxy) is 1. The van der Waals surface area contributed by atoms with Crippen LogP contribution in [-0.2, 0) is 25.5 Å². The Kier molecular flexibility index (Phi) is 8.30. The Morgan fingerprint density at radius 2 is 1.97 bits per heavy atom. The summed E-state index contributed by atoms with van der Waals surface area (Å²) in [7, 11) is 0. The van der Waals surface area contributed by atoms with Crippen LogP contribution >= 0.6 is 0 Å². The van der Waals surface area contributed by atoms with Crippen molar-refractivity contribution < 1.29 is 24.0 Å². The molecule has 1 saturated carbocycles. The van der Waals surface area contributed by atoms with Crippen molar-refractivity contribution in [2.75, 3.05) is 18.5 Å². The summed E-state index contributed by atoms with van der Waals surface area (Å²) < 4.78 is 4.98. The van der Waals surface area contributed by atoms with Crippen molar-refractivity contribution in [1.82, 2.24) is 0 Å². The van der Waals surface area contributed by atoms with Gasteiger partial charge in [-0.15, -0.1) is 0 Å². The van der Waals surface area contributed by atoms with Gasteiger partial charge in [0.15, 0.2) is 6.61 Å². The molecule has 1 fully saturated rings. The summed E-state index contributed by atoms with van der Waals surface area (Å²) in [6.45, 7) is 3.09. The number of aryl methyl sites for hydroxylation is 1. The zero-order valence-corrected chi connectivity index (χ0v) is 16.9. The summed E-state index contributed by atoms with van der Waals surface area (Å²) in [5.41, 5.74) is 1.80. The van der Waals surface area contributed by atoms with Gasteiger partial charge in [-0.05, 0) is 36.5 Å². The van der Waals surface area contributed by atoms with Gasteiger partial charge >= 0.3 is 5.97 Å². The van der Waals surface area contributed by atoms with E-state index < -0.39 is 35.2 Å². The maximum Gasteiger partial charge on any atom is 0.307 e. The first kappa shape index (κ1) is 22.5. The molecule has 0 heterocycles. The molecule has 1 aliphatic rings. The van der Waals surface area contributed by atoms with Crippen LogP contribution in [-0.4, -0.2) is 35.7 Å². The van der Waals surface area contributed by atoms with E-state index in [1.54, 1.807) is 19.1 Å². The molecule has 1 amide bonds. The molecule has 1 N–H and O–H groups in total. The van der Waals surface area contributed by atoms with Crippen LogP contribution in [0.25, 0.3) is 0 Å². The lowest BCUT2D eigenvalue weighted by atomic mass is 9.88. The molecule has 0 saturated heterocycles. The molecule has 0 aromatic heterocycles. The molecule has 0 spiro atoms. The van der Waals surface area contributed by atoms with Gasteiger partial charge in [-0.1, -0.05) is 32.4 Å². The van der Waals surface area contributed by atoms with Gasteiger partial charge in [0.2, 0.25) is 6.54 Å². The number of Topliss-reactive ketones (excluding diaryl/α,β-unsaturated/α-hetero) is 1. The molecule has 1 aromatic carbocycles. The van der Waals surface area contributed by atoms with E-state index in [9.17, 15) is 24.5 Å². The summed E-state index contributed by atoms with van der Waals surface area (Å²) in [6.07, 6.45) is 3.19. The molecule has 1 aromatic rings. The minimum atomic E-state index is -0.721. The third-order valence-electron chi connectivity index (χ3n) is 5.35. The van der Waals surface area contributed by atoms with Gasteiger partial charge in [-0.25, -0.2) is 0 Å². The molecular formula is C21H28N2O6. The number of unbranched alkanes of at least 4 members (excludes halogenated alkanes) is 1. The predicted molar refractivity (Wildman–Crippen MR) is 107 cm³/mol. The van der Waals surface area contributed by atoms with E-state index in [-0.39, 0.29) is 31.1 Å². The first-order chi connectivity index (χ1) is 13.8. The zero-order valence-electron chi connectivity index (χ0n) is 16.9. The number of amides is 1. The third-order valence-corrected chi connectivity index (χ3v) is 5.35. The van der Waals surface area contributed by atoms with Crippen molar-refractivity contribution in [3.05, 3.63) is 39.9 Å². The van der Waals surface area contributed by atoms with E-state index in [2.05, 4.69) is 12.2 Å². The Morgan fingerprint density at radius 3 is 2.59 bits per heavy atom. The average molecular weight is 404 g/mol. The Morgan fingerprint density at radius 1 is 1.28 bits per heavy atom. The number of nitrogens with one attached hydrogen (secondary N) is 1. The second-order valence-corrected chi connectivity index (χ2v) is 7.65. The van der Waals surface area contributed by atoms with E-state index >= 15 is 0 Å². The summed E-state index contributed by atoms with van der Waals surface area (Å²) in [5, 5.41) is 13.5. The molecule has 0 aliphatic heterocycles. The van der Waals surface area contributed by atoms with Crippen LogP contribution < -0.4 is 5.32 Å². The number of carbonyl (C=O) groups excluding carboxylic acids is 3. The Labute approximate surface area is 170 Å². The fourth-order valence-electron chi connectivity index (χ4n) is 3.72. The van der Waals surface area contributed by atoms with Crippen LogP contribution in [0.3, 0.4) is 0 Å². The van der Waals surface area contributed by atoms with Crippen LogP contribution in [0.4, 0.5) is 5.69 Å². The quantitative estimate of drug-likeness (QED) is 0.364. The molecular weight excluding hydrogens is 376 g/mol. The van der Waals surface area contributed by atoms with Crippen LogP contribution in [0.2, 0.25) is 0 Å². The minimum absolute atomic E-state index is 0.144. The molecule has 3 atom stereocenters. The first-order valence-electron chi connectivity index (χ1n) is 9.99. The van der Waals surface area contributed by atoms with Gasteiger partial charge in [0.1, 0.15) is 5.78 Å². The topological polar surface area (TPSA) is 116 Å². The Balaban J connectivity index is 1.80. The lowest BCUT2D eigenvalue weighted by Gasteiger charge is -2.17. The molecule has 8 nitrogen and oxygen atoms in total. The number of rotatable bonds is 10. The van der Waals surface area contributed by atoms with Crippen molar-refractivity contribution in [2.45, 2.75) is 46.0 Å². The second-order valence-electron chi connectivity index (χ2n) is 7.65. The van der Waals surface area contributed by atoms with Crippen LogP contribution in [0.5, 0.6) is 0 Å². The van der Waals surface area contributed by atoms with E-state index in [1.165, 1.54) is 5.56 Å². The summed E-state index contributed by atoms with van der Waals surface area (Å²) in [6, 6.07) is 7.48. The van der Waals surface area contributed by atoms with Crippen molar-refractivity contribution in [2.24, 2.45) is 17.8 Å².